The van der Waals surface area contributed by atoms with E-state index in [9.17, 15) is 9.59 Å². The van der Waals surface area contributed by atoms with Gasteiger partial charge in [0.05, 0.1) is 6.42 Å². The van der Waals surface area contributed by atoms with Gasteiger partial charge < -0.3 is 10.2 Å². The third kappa shape index (κ3) is 4.06. The Morgan fingerprint density at radius 3 is 2.43 bits per heavy atom. The van der Waals surface area contributed by atoms with Crippen LogP contribution in [0.4, 0.5) is 5.69 Å². The molecule has 1 saturated heterocycles. The zero-order chi connectivity index (χ0) is 15.2. The lowest BCUT2D eigenvalue weighted by Crippen LogP contribution is -2.34. The van der Waals surface area contributed by atoms with Gasteiger partial charge in [-0.25, -0.2) is 0 Å². The van der Waals surface area contributed by atoms with Gasteiger partial charge in [0.25, 0.3) is 0 Å². The van der Waals surface area contributed by atoms with Crippen molar-refractivity contribution in [3.8, 4) is 0 Å². The summed E-state index contributed by atoms with van der Waals surface area (Å²) in [4.78, 5) is 25.5. The largest absolute Gasteiger partial charge is 0.353 e. The summed E-state index contributed by atoms with van der Waals surface area (Å²) in [7, 11) is 0. The third-order valence-electron chi connectivity index (χ3n) is 4.04. The number of carbonyl (C=O) groups excluding carboxylic acids is 2. The minimum absolute atomic E-state index is 0.0636. The number of anilines is 1. The highest BCUT2D eigenvalue weighted by Gasteiger charge is 2.21. The Balaban J connectivity index is 1.93. The summed E-state index contributed by atoms with van der Waals surface area (Å²) in [6, 6.07) is 8.01. The second-order valence-electron chi connectivity index (χ2n) is 5.57. The van der Waals surface area contributed by atoms with E-state index in [1.54, 1.807) is 0 Å². The summed E-state index contributed by atoms with van der Waals surface area (Å²) in [5.74, 6) is 0.253. The molecule has 1 aromatic rings. The molecular weight excluding hydrogens is 264 g/mol. The van der Waals surface area contributed by atoms with Crippen molar-refractivity contribution in [2.45, 2.75) is 52.0 Å². The molecule has 0 bridgehead atoms. The van der Waals surface area contributed by atoms with E-state index in [1.165, 1.54) is 0 Å². The number of rotatable bonds is 6. The fraction of sp³-hybridized carbons (Fsp3) is 0.529. The van der Waals surface area contributed by atoms with Crippen molar-refractivity contribution in [2.75, 3.05) is 11.4 Å². The van der Waals surface area contributed by atoms with E-state index >= 15 is 0 Å². The van der Waals surface area contributed by atoms with Crippen LogP contribution in [0.2, 0.25) is 0 Å². The third-order valence-corrected chi connectivity index (χ3v) is 4.04. The van der Waals surface area contributed by atoms with Crippen LogP contribution in [0.3, 0.4) is 0 Å². The van der Waals surface area contributed by atoms with Gasteiger partial charge in [0.2, 0.25) is 11.8 Å². The minimum Gasteiger partial charge on any atom is -0.353 e. The Bertz CT molecular complexity index is 492. The molecular formula is C17H24N2O2. The Morgan fingerprint density at radius 1 is 1.24 bits per heavy atom. The predicted molar refractivity (Wildman–Crippen MR) is 84.2 cm³/mol. The summed E-state index contributed by atoms with van der Waals surface area (Å²) in [5.41, 5.74) is 1.91. The molecule has 0 aliphatic carbocycles. The van der Waals surface area contributed by atoms with Crippen molar-refractivity contribution in [3.63, 3.8) is 0 Å². The number of nitrogens with zero attached hydrogens (tertiary/aromatic N) is 1. The molecule has 0 radical (unpaired) electrons. The Kier molecular flexibility index (Phi) is 5.37. The van der Waals surface area contributed by atoms with Crippen LogP contribution in [0.25, 0.3) is 0 Å². The molecule has 1 aromatic carbocycles. The van der Waals surface area contributed by atoms with Crippen LogP contribution in [0.5, 0.6) is 0 Å². The molecule has 0 spiro atoms. The summed E-state index contributed by atoms with van der Waals surface area (Å²) in [6.45, 7) is 4.96. The van der Waals surface area contributed by atoms with Gasteiger partial charge in [0.15, 0.2) is 0 Å². The number of nitrogens with one attached hydrogen (secondary N) is 1. The van der Waals surface area contributed by atoms with E-state index in [0.717, 1.165) is 37.1 Å². The van der Waals surface area contributed by atoms with E-state index in [1.807, 2.05) is 29.2 Å². The maximum Gasteiger partial charge on any atom is 0.227 e. The van der Waals surface area contributed by atoms with Crippen molar-refractivity contribution in [2.24, 2.45) is 0 Å². The van der Waals surface area contributed by atoms with Crippen molar-refractivity contribution in [1.82, 2.24) is 5.32 Å². The fourth-order valence-electron chi connectivity index (χ4n) is 2.67. The smallest absolute Gasteiger partial charge is 0.227 e. The maximum absolute atomic E-state index is 12.0. The lowest BCUT2D eigenvalue weighted by Gasteiger charge is -2.17. The van der Waals surface area contributed by atoms with Gasteiger partial charge in [0.1, 0.15) is 0 Å². The average Bonchev–Trinajstić information content (AvgIpc) is 2.92. The van der Waals surface area contributed by atoms with Crippen molar-refractivity contribution in [1.29, 1.82) is 0 Å². The van der Waals surface area contributed by atoms with E-state index < -0.39 is 0 Å². The second kappa shape index (κ2) is 7.25. The van der Waals surface area contributed by atoms with Crippen molar-refractivity contribution >= 4 is 17.5 Å². The van der Waals surface area contributed by atoms with Crippen molar-refractivity contribution < 1.29 is 9.59 Å². The highest BCUT2D eigenvalue weighted by molar-refractivity contribution is 5.95. The number of hydrogen-bond donors (Lipinski definition) is 1. The van der Waals surface area contributed by atoms with Gasteiger partial charge in [0, 0.05) is 24.7 Å². The zero-order valence-corrected chi connectivity index (χ0v) is 12.9. The monoisotopic (exact) mass is 288 g/mol. The Morgan fingerprint density at radius 2 is 1.90 bits per heavy atom. The van der Waals surface area contributed by atoms with Crippen LogP contribution in [-0.4, -0.2) is 24.4 Å². The maximum atomic E-state index is 12.0. The van der Waals surface area contributed by atoms with Crippen LogP contribution in [0.15, 0.2) is 24.3 Å². The topological polar surface area (TPSA) is 49.4 Å². The molecule has 4 nitrogen and oxygen atoms in total. The molecule has 0 unspecified atom stereocenters. The molecule has 1 aliphatic rings. The molecule has 1 N–H and O–H groups in total. The molecule has 21 heavy (non-hydrogen) atoms. The molecule has 0 atom stereocenters. The van der Waals surface area contributed by atoms with E-state index in [4.69, 9.17) is 0 Å². The number of amides is 2. The Labute approximate surface area is 126 Å². The second-order valence-corrected chi connectivity index (χ2v) is 5.57. The fourth-order valence-corrected chi connectivity index (χ4v) is 2.67. The van der Waals surface area contributed by atoms with E-state index in [2.05, 4.69) is 19.2 Å². The highest BCUT2D eigenvalue weighted by Crippen LogP contribution is 2.21. The summed E-state index contributed by atoms with van der Waals surface area (Å²) in [6.07, 6.45) is 3.87. The van der Waals surface area contributed by atoms with Crippen LogP contribution in [0, 0.1) is 0 Å². The number of benzene rings is 1. The summed E-state index contributed by atoms with van der Waals surface area (Å²) in [5, 5.41) is 3.04. The van der Waals surface area contributed by atoms with Gasteiger partial charge >= 0.3 is 0 Å². The first-order valence-electron chi connectivity index (χ1n) is 7.82. The lowest BCUT2D eigenvalue weighted by molar-refractivity contribution is -0.121. The normalized spacial score (nSPS) is 14.8. The molecule has 2 amide bonds. The average molecular weight is 288 g/mol. The van der Waals surface area contributed by atoms with Gasteiger partial charge in [-0.2, -0.15) is 0 Å². The summed E-state index contributed by atoms with van der Waals surface area (Å²) < 4.78 is 0. The van der Waals surface area contributed by atoms with Crippen LogP contribution in [-0.2, 0) is 16.0 Å². The first-order valence-corrected chi connectivity index (χ1v) is 7.82. The molecule has 1 fully saturated rings. The lowest BCUT2D eigenvalue weighted by atomic mass is 10.1. The zero-order valence-electron chi connectivity index (χ0n) is 12.9. The molecule has 4 heteroatoms. The molecule has 1 aliphatic heterocycles. The highest BCUT2D eigenvalue weighted by atomic mass is 16.2. The number of carbonyl (C=O) groups is 2. The SMILES string of the molecule is CCC(CC)NC(=O)Cc1ccc(N2CCCC2=O)cc1. The molecule has 0 aromatic heterocycles. The molecule has 2 rings (SSSR count). The van der Waals surface area contributed by atoms with Crippen LogP contribution >= 0.6 is 0 Å². The van der Waals surface area contributed by atoms with E-state index in [0.29, 0.717) is 12.8 Å². The standard InChI is InChI=1S/C17H24N2O2/c1-3-14(4-2)18-16(20)12-13-7-9-15(10-8-13)19-11-5-6-17(19)21/h7-10,14H,3-6,11-12H2,1-2H3,(H,18,20). The van der Waals surface area contributed by atoms with Crippen molar-refractivity contribution in [3.05, 3.63) is 29.8 Å². The molecule has 0 saturated carbocycles. The molecule has 114 valence electrons. The van der Waals surface area contributed by atoms with Gasteiger partial charge in [-0.15, -0.1) is 0 Å². The quantitative estimate of drug-likeness (QED) is 0.875. The van der Waals surface area contributed by atoms with E-state index in [-0.39, 0.29) is 17.9 Å². The van der Waals surface area contributed by atoms with Gasteiger partial charge in [-0.1, -0.05) is 26.0 Å². The van der Waals surface area contributed by atoms with Gasteiger partial charge in [-0.05, 0) is 37.0 Å². The first-order chi connectivity index (χ1) is 10.1. The van der Waals surface area contributed by atoms with Crippen LogP contribution < -0.4 is 10.2 Å². The first kappa shape index (κ1) is 15.5. The minimum atomic E-state index is 0.0636. The summed E-state index contributed by atoms with van der Waals surface area (Å²) >= 11 is 0. The Hall–Kier alpha value is -1.84. The van der Waals surface area contributed by atoms with Crippen LogP contribution in [0.1, 0.15) is 45.1 Å². The molecule has 1 heterocycles. The van der Waals surface area contributed by atoms with Gasteiger partial charge in [-0.3, -0.25) is 9.59 Å². The predicted octanol–water partition coefficient (Wildman–Crippen LogP) is 2.66. The number of hydrogen-bond acceptors (Lipinski definition) is 2.